The highest BCUT2D eigenvalue weighted by Gasteiger charge is 2.26. The third kappa shape index (κ3) is 4.47. The number of hydrogen-bond donors (Lipinski definition) is 1. The number of nitrogens with one attached hydrogen (secondary N) is 1. The van der Waals surface area contributed by atoms with Gasteiger partial charge in [0.2, 0.25) is 0 Å². The van der Waals surface area contributed by atoms with Crippen LogP contribution in [0.2, 0.25) is 0 Å². The Hall–Kier alpha value is -4.45. The molecular formula is C31H30N4O2. The molecule has 6 heteroatoms. The predicted molar refractivity (Wildman–Crippen MR) is 150 cm³/mol. The van der Waals surface area contributed by atoms with E-state index < -0.39 is 6.04 Å². The summed E-state index contributed by atoms with van der Waals surface area (Å²) in [6.07, 6.45) is 0.766. The molecule has 0 fully saturated rings. The smallest absolute Gasteiger partial charge is 0.315 e. The lowest BCUT2D eigenvalue weighted by molar-refractivity contribution is 0.193. The summed E-state index contributed by atoms with van der Waals surface area (Å²) in [5.74, 6) is 0.527. The lowest BCUT2D eigenvalue weighted by Crippen LogP contribution is -2.40. The molecule has 5 aromatic rings. The number of carbonyl (C=O) groups excluding carboxylic acids is 1. The summed E-state index contributed by atoms with van der Waals surface area (Å²) >= 11 is 0. The molecule has 1 unspecified atom stereocenters. The van der Waals surface area contributed by atoms with Crippen LogP contribution in [0.1, 0.15) is 38.2 Å². The molecule has 6 nitrogen and oxygen atoms in total. The first-order valence-corrected chi connectivity index (χ1v) is 12.7. The second-order valence-electron chi connectivity index (χ2n) is 9.03. The number of carbonyl (C=O) groups is 1. The molecule has 186 valence electrons. The van der Waals surface area contributed by atoms with Crippen molar-refractivity contribution in [2.75, 3.05) is 11.9 Å². The van der Waals surface area contributed by atoms with Crippen molar-refractivity contribution in [3.8, 4) is 5.69 Å². The van der Waals surface area contributed by atoms with E-state index in [1.165, 1.54) is 0 Å². The molecule has 0 radical (unpaired) electrons. The lowest BCUT2D eigenvalue weighted by atomic mass is 10.1. The summed E-state index contributed by atoms with van der Waals surface area (Å²) in [6, 6.07) is 28.3. The van der Waals surface area contributed by atoms with Gasteiger partial charge in [0, 0.05) is 11.9 Å². The molecule has 0 aliphatic carbocycles. The number of rotatable bonds is 6. The normalized spacial score (nSPS) is 12.0. The first kappa shape index (κ1) is 24.3. The van der Waals surface area contributed by atoms with Crippen LogP contribution in [-0.4, -0.2) is 27.0 Å². The Morgan fingerprint density at radius 2 is 1.57 bits per heavy atom. The fraction of sp³-hybridized carbons (Fsp3) is 0.194. The summed E-state index contributed by atoms with van der Waals surface area (Å²) in [7, 11) is 0. The van der Waals surface area contributed by atoms with Gasteiger partial charge in [0.25, 0.3) is 5.56 Å². The minimum absolute atomic E-state index is 0.140. The molecule has 0 saturated carbocycles. The van der Waals surface area contributed by atoms with Crippen molar-refractivity contribution >= 4 is 33.4 Å². The molecule has 2 amide bonds. The highest BCUT2D eigenvalue weighted by Crippen LogP contribution is 2.27. The zero-order valence-corrected chi connectivity index (χ0v) is 21.3. The highest BCUT2D eigenvalue weighted by atomic mass is 16.2. The Labute approximate surface area is 216 Å². The molecule has 0 aliphatic rings. The van der Waals surface area contributed by atoms with Crippen LogP contribution in [-0.2, 0) is 6.42 Å². The third-order valence-electron chi connectivity index (χ3n) is 6.89. The van der Waals surface area contributed by atoms with Crippen LogP contribution in [0.15, 0.2) is 95.8 Å². The van der Waals surface area contributed by atoms with Gasteiger partial charge in [0.15, 0.2) is 0 Å². The predicted octanol–water partition coefficient (Wildman–Crippen LogP) is 6.72. The van der Waals surface area contributed by atoms with E-state index in [0.29, 0.717) is 23.3 Å². The van der Waals surface area contributed by atoms with Crippen molar-refractivity contribution in [1.29, 1.82) is 0 Å². The lowest BCUT2D eigenvalue weighted by Gasteiger charge is -2.30. The molecule has 4 aromatic carbocycles. The van der Waals surface area contributed by atoms with Crippen LogP contribution in [0.4, 0.5) is 10.5 Å². The van der Waals surface area contributed by atoms with Gasteiger partial charge in [-0.1, -0.05) is 73.7 Å². The maximum absolute atomic E-state index is 13.8. The van der Waals surface area contributed by atoms with E-state index in [2.05, 4.69) is 12.2 Å². The van der Waals surface area contributed by atoms with Crippen molar-refractivity contribution in [1.82, 2.24) is 14.5 Å². The molecule has 0 saturated heterocycles. The van der Waals surface area contributed by atoms with Gasteiger partial charge in [-0.15, -0.1) is 0 Å². The Morgan fingerprint density at radius 1 is 0.892 bits per heavy atom. The van der Waals surface area contributed by atoms with E-state index in [-0.39, 0.29) is 11.6 Å². The zero-order chi connectivity index (χ0) is 25.9. The molecule has 1 atom stereocenters. The van der Waals surface area contributed by atoms with Crippen LogP contribution in [0.5, 0.6) is 0 Å². The number of aromatic nitrogens is 2. The number of anilines is 1. The average molecular weight is 491 g/mol. The average Bonchev–Trinajstić information content (AvgIpc) is 2.93. The van der Waals surface area contributed by atoms with E-state index in [0.717, 1.165) is 34.1 Å². The summed E-state index contributed by atoms with van der Waals surface area (Å²) in [4.78, 5) is 34.1. The Kier molecular flexibility index (Phi) is 6.73. The monoisotopic (exact) mass is 490 g/mol. The van der Waals surface area contributed by atoms with E-state index in [9.17, 15) is 9.59 Å². The number of para-hydroxylation sites is 2. The van der Waals surface area contributed by atoms with Crippen molar-refractivity contribution < 1.29 is 4.79 Å². The summed E-state index contributed by atoms with van der Waals surface area (Å²) in [5.41, 5.74) is 3.05. The summed E-state index contributed by atoms with van der Waals surface area (Å²) < 4.78 is 1.68. The van der Waals surface area contributed by atoms with Crippen molar-refractivity contribution in [3.05, 3.63) is 113 Å². The minimum Gasteiger partial charge on any atom is -0.315 e. The number of amides is 2. The SMILES string of the molecule is CCc1ccccc1-n1c(C(C)N(CC)C(=O)Nc2cccc3ccccc23)nc2ccccc2c1=O. The van der Waals surface area contributed by atoms with Gasteiger partial charge in [-0.2, -0.15) is 0 Å². The number of nitrogens with zero attached hydrogens (tertiary/aromatic N) is 3. The fourth-order valence-corrected chi connectivity index (χ4v) is 4.95. The molecule has 0 bridgehead atoms. The number of benzene rings is 4. The van der Waals surface area contributed by atoms with Crippen molar-refractivity contribution in [2.45, 2.75) is 33.2 Å². The van der Waals surface area contributed by atoms with Crippen molar-refractivity contribution in [3.63, 3.8) is 0 Å². The first-order chi connectivity index (χ1) is 18.0. The quantitative estimate of drug-likeness (QED) is 0.287. The topological polar surface area (TPSA) is 67.2 Å². The minimum atomic E-state index is -0.470. The second kappa shape index (κ2) is 10.3. The maximum Gasteiger partial charge on any atom is 0.322 e. The molecule has 1 N–H and O–H groups in total. The van der Waals surface area contributed by atoms with Crippen LogP contribution in [0.3, 0.4) is 0 Å². The number of hydrogen-bond acceptors (Lipinski definition) is 3. The molecule has 37 heavy (non-hydrogen) atoms. The Morgan fingerprint density at radius 3 is 2.35 bits per heavy atom. The van der Waals surface area contributed by atoms with E-state index in [4.69, 9.17) is 4.98 Å². The van der Waals surface area contributed by atoms with Crippen LogP contribution >= 0.6 is 0 Å². The Bertz CT molecular complexity index is 1650. The van der Waals surface area contributed by atoms with Gasteiger partial charge in [-0.25, -0.2) is 9.78 Å². The van der Waals surface area contributed by atoms with Crippen LogP contribution < -0.4 is 10.9 Å². The molecule has 0 spiro atoms. The molecular weight excluding hydrogens is 460 g/mol. The van der Waals surface area contributed by atoms with Gasteiger partial charge in [-0.05, 0) is 55.5 Å². The molecule has 0 aliphatic heterocycles. The highest BCUT2D eigenvalue weighted by molar-refractivity contribution is 6.01. The fourth-order valence-electron chi connectivity index (χ4n) is 4.95. The number of urea groups is 1. The number of aryl methyl sites for hydroxylation is 1. The van der Waals surface area contributed by atoms with Crippen molar-refractivity contribution in [2.24, 2.45) is 0 Å². The second-order valence-corrected chi connectivity index (χ2v) is 9.03. The van der Waals surface area contributed by atoms with E-state index in [1.54, 1.807) is 15.5 Å². The Balaban J connectivity index is 1.61. The van der Waals surface area contributed by atoms with Gasteiger partial charge in [-0.3, -0.25) is 9.36 Å². The van der Waals surface area contributed by atoms with Gasteiger partial charge < -0.3 is 10.2 Å². The molecule has 5 rings (SSSR count). The molecule has 1 heterocycles. The van der Waals surface area contributed by atoms with Gasteiger partial charge in [0.1, 0.15) is 5.82 Å². The first-order valence-electron chi connectivity index (χ1n) is 12.7. The summed E-state index contributed by atoms with van der Waals surface area (Å²) in [5, 5.41) is 5.67. The standard InChI is InChI=1S/C31H30N4O2/c1-4-22-13-7-11-20-28(22)35-29(32-27-18-10-9-17-25(27)30(35)36)21(3)34(5-2)31(37)33-26-19-12-15-23-14-6-8-16-24(23)26/h6-21H,4-5H2,1-3H3,(H,33,37). The van der Waals surface area contributed by atoms with Crippen LogP contribution in [0.25, 0.3) is 27.4 Å². The number of fused-ring (bicyclic) bond motifs is 2. The van der Waals surface area contributed by atoms with Gasteiger partial charge >= 0.3 is 6.03 Å². The molecule has 1 aromatic heterocycles. The largest absolute Gasteiger partial charge is 0.322 e. The maximum atomic E-state index is 13.8. The summed E-state index contributed by atoms with van der Waals surface area (Å²) in [6.45, 7) is 6.36. The zero-order valence-electron chi connectivity index (χ0n) is 21.3. The van der Waals surface area contributed by atoms with E-state index >= 15 is 0 Å². The van der Waals surface area contributed by atoms with E-state index in [1.807, 2.05) is 98.8 Å². The van der Waals surface area contributed by atoms with Crippen LogP contribution in [0, 0.1) is 0 Å². The van der Waals surface area contributed by atoms with Gasteiger partial charge in [0.05, 0.1) is 28.3 Å². The third-order valence-corrected chi connectivity index (χ3v) is 6.89.